The van der Waals surface area contributed by atoms with Gasteiger partial charge in [0.15, 0.2) is 0 Å². The second-order valence-electron chi connectivity index (χ2n) is 6.81. The fourth-order valence-corrected chi connectivity index (χ4v) is 3.05. The minimum absolute atomic E-state index is 0.278. The van der Waals surface area contributed by atoms with Gasteiger partial charge in [-0.05, 0) is 42.0 Å². The summed E-state index contributed by atoms with van der Waals surface area (Å²) in [6.07, 6.45) is 0. The van der Waals surface area contributed by atoms with E-state index in [4.69, 9.17) is 4.74 Å². The molecule has 0 aliphatic carbocycles. The molecule has 30 heavy (non-hydrogen) atoms. The Hall–Kier alpha value is -3.87. The molecule has 0 saturated carbocycles. The van der Waals surface area contributed by atoms with Gasteiger partial charge in [0, 0.05) is 19.8 Å². The molecule has 152 valence electrons. The van der Waals surface area contributed by atoms with Gasteiger partial charge >= 0.3 is 0 Å². The number of nitrogens with zero attached hydrogens (tertiary/aromatic N) is 4. The first-order valence-electron chi connectivity index (χ1n) is 9.53. The lowest BCUT2D eigenvalue weighted by molar-refractivity contribution is 0.308. The lowest BCUT2D eigenvalue weighted by atomic mass is 10.2. The van der Waals surface area contributed by atoms with Gasteiger partial charge in [-0.25, -0.2) is 4.39 Å². The maximum atomic E-state index is 13.2. The zero-order valence-electron chi connectivity index (χ0n) is 16.8. The molecule has 1 heterocycles. The van der Waals surface area contributed by atoms with Gasteiger partial charge in [0.2, 0.25) is 11.9 Å². The Balaban J connectivity index is 1.52. The molecule has 0 spiro atoms. The average molecular weight is 403 g/mol. The van der Waals surface area contributed by atoms with Gasteiger partial charge in [0.05, 0.1) is 5.69 Å². The van der Waals surface area contributed by atoms with Crippen molar-refractivity contribution in [1.82, 2.24) is 14.8 Å². The summed E-state index contributed by atoms with van der Waals surface area (Å²) in [7, 11) is 3.73. The van der Waals surface area contributed by atoms with Crippen molar-refractivity contribution in [2.45, 2.75) is 6.61 Å². The summed E-state index contributed by atoms with van der Waals surface area (Å²) in [5.74, 6) is 1.62. The molecule has 4 rings (SSSR count). The minimum Gasteiger partial charge on any atom is -0.487 e. The van der Waals surface area contributed by atoms with Crippen molar-refractivity contribution in [3.8, 4) is 5.75 Å². The Kier molecular flexibility index (Phi) is 5.61. The van der Waals surface area contributed by atoms with Gasteiger partial charge in [-0.2, -0.15) is 0 Å². The molecule has 6 nitrogen and oxygen atoms in total. The molecule has 0 aliphatic heterocycles. The molecule has 7 heteroatoms. The Bertz CT molecular complexity index is 1110. The van der Waals surface area contributed by atoms with Crippen LogP contribution in [-0.4, -0.2) is 21.8 Å². The third-order valence-electron chi connectivity index (χ3n) is 4.74. The van der Waals surface area contributed by atoms with E-state index in [9.17, 15) is 4.39 Å². The van der Waals surface area contributed by atoms with Gasteiger partial charge in [-0.3, -0.25) is 4.57 Å². The topological polar surface area (TPSA) is 55.2 Å². The van der Waals surface area contributed by atoms with Crippen molar-refractivity contribution in [1.29, 1.82) is 0 Å². The summed E-state index contributed by atoms with van der Waals surface area (Å²) < 4.78 is 21.0. The molecule has 0 unspecified atom stereocenters. The van der Waals surface area contributed by atoms with Crippen LogP contribution in [0.5, 0.6) is 5.75 Å². The quantitative estimate of drug-likeness (QED) is 0.468. The summed E-state index contributed by atoms with van der Waals surface area (Å²) in [5.41, 5.74) is 2.69. The summed E-state index contributed by atoms with van der Waals surface area (Å²) >= 11 is 0. The smallest absolute Gasteiger partial charge is 0.232 e. The largest absolute Gasteiger partial charge is 0.487 e. The summed E-state index contributed by atoms with van der Waals surface area (Å²) in [6, 6.07) is 23.9. The van der Waals surface area contributed by atoms with E-state index in [1.807, 2.05) is 78.2 Å². The van der Waals surface area contributed by atoms with Crippen LogP contribution in [0.15, 0.2) is 78.9 Å². The van der Waals surface area contributed by atoms with Crippen LogP contribution in [0, 0.1) is 5.82 Å². The third-order valence-corrected chi connectivity index (χ3v) is 4.74. The van der Waals surface area contributed by atoms with Crippen molar-refractivity contribution in [2.24, 2.45) is 7.05 Å². The minimum atomic E-state index is -0.278. The van der Waals surface area contributed by atoms with E-state index >= 15 is 0 Å². The highest BCUT2D eigenvalue weighted by molar-refractivity contribution is 5.64. The van der Waals surface area contributed by atoms with Gasteiger partial charge in [0.25, 0.3) is 0 Å². The Morgan fingerprint density at radius 1 is 0.933 bits per heavy atom. The first-order valence-corrected chi connectivity index (χ1v) is 9.53. The fraction of sp³-hybridized carbons (Fsp3) is 0.130. The number of para-hydroxylation sites is 2. The van der Waals surface area contributed by atoms with Crippen LogP contribution in [0.1, 0.15) is 5.56 Å². The fourth-order valence-electron chi connectivity index (χ4n) is 3.05. The molecule has 0 amide bonds. The van der Waals surface area contributed by atoms with E-state index in [1.54, 1.807) is 12.1 Å². The molecule has 0 aliphatic rings. The first kappa shape index (κ1) is 19.4. The van der Waals surface area contributed by atoms with Gasteiger partial charge < -0.3 is 15.0 Å². The Morgan fingerprint density at radius 3 is 2.40 bits per heavy atom. The van der Waals surface area contributed by atoms with Gasteiger partial charge in [0.1, 0.15) is 18.2 Å². The second-order valence-corrected chi connectivity index (χ2v) is 6.81. The molecule has 0 radical (unpaired) electrons. The van der Waals surface area contributed by atoms with Crippen LogP contribution in [-0.2, 0) is 13.7 Å². The normalized spacial score (nSPS) is 10.6. The number of aromatic nitrogens is 3. The molecular formula is C23H22FN5O. The Morgan fingerprint density at radius 2 is 1.63 bits per heavy atom. The van der Waals surface area contributed by atoms with Crippen molar-refractivity contribution in [2.75, 3.05) is 17.3 Å². The molecule has 0 fully saturated rings. The lowest BCUT2D eigenvalue weighted by Crippen LogP contribution is -2.14. The van der Waals surface area contributed by atoms with Crippen LogP contribution in [0.3, 0.4) is 0 Å². The average Bonchev–Trinajstić information content (AvgIpc) is 3.14. The predicted octanol–water partition coefficient (Wildman–Crippen LogP) is 5.04. The maximum Gasteiger partial charge on any atom is 0.232 e. The zero-order chi connectivity index (χ0) is 20.9. The highest BCUT2D eigenvalue weighted by atomic mass is 19.1. The zero-order valence-corrected chi connectivity index (χ0v) is 16.8. The molecular weight excluding hydrogens is 381 g/mol. The number of rotatable bonds is 7. The third kappa shape index (κ3) is 4.25. The molecule has 0 bridgehead atoms. The van der Waals surface area contributed by atoms with Crippen molar-refractivity contribution in [3.05, 3.63) is 90.2 Å². The van der Waals surface area contributed by atoms with E-state index in [0.29, 0.717) is 18.5 Å². The Labute approximate surface area is 174 Å². The summed E-state index contributed by atoms with van der Waals surface area (Å²) in [5, 5.41) is 11.8. The van der Waals surface area contributed by atoms with E-state index in [-0.39, 0.29) is 5.82 Å². The molecule has 0 atom stereocenters. The van der Waals surface area contributed by atoms with Crippen LogP contribution in [0.25, 0.3) is 0 Å². The number of halogens is 1. The number of anilines is 4. The van der Waals surface area contributed by atoms with Crippen LogP contribution in [0.2, 0.25) is 0 Å². The molecule has 1 N–H and O–H groups in total. The highest BCUT2D eigenvalue weighted by Crippen LogP contribution is 2.29. The molecule has 1 aromatic heterocycles. The van der Waals surface area contributed by atoms with Crippen molar-refractivity contribution in [3.63, 3.8) is 0 Å². The number of benzene rings is 3. The van der Waals surface area contributed by atoms with E-state index in [0.717, 1.165) is 22.7 Å². The standard InChI is InChI=1S/C23H22FN5O/c1-28(19-14-12-18(24)13-15-19)23-27-26-22(29(23)2)25-20-10-6-7-11-21(20)30-16-17-8-4-3-5-9-17/h3-15H,16H2,1-2H3,(H,25,26). The van der Waals surface area contributed by atoms with E-state index < -0.39 is 0 Å². The van der Waals surface area contributed by atoms with Gasteiger partial charge in [-0.1, -0.05) is 42.5 Å². The number of ether oxygens (including phenoxy) is 1. The van der Waals surface area contributed by atoms with Crippen LogP contribution >= 0.6 is 0 Å². The lowest BCUT2D eigenvalue weighted by Gasteiger charge is -2.18. The second kappa shape index (κ2) is 8.65. The van der Waals surface area contributed by atoms with Crippen molar-refractivity contribution >= 4 is 23.3 Å². The van der Waals surface area contributed by atoms with Crippen molar-refractivity contribution < 1.29 is 9.13 Å². The monoisotopic (exact) mass is 403 g/mol. The number of hydrogen-bond donors (Lipinski definition) is 1. The molecule has 4 aromatic rings. The SMILES string of the molecule is CN(c1ccc(F)cc1)c1nnc(Nc2ccccc2OCc2ccccc2)n1C. The van der Waals surface area contributed by atoms with Crippen LogP contribution < -0.4 is 15.0 Å². The summed E-state index contributed by atoms with van der Waals surface area (Å²) in [6.45, 7) is 0.469. The highest BCUT2D eigenvalue weighted by Gasteiger charge is 2.15. The van der Waals surface area contributed by atoms with E-state index in [2.05, 4.69) is 15.5 Å². The van der Waals surface area contributed by atoms with Crippen LogP contribution in [0.4, 0.5) is 27.7 Å². The molecule has 0 saturated heterocycles. The number of hydrogen-bond acceptors (Lipinski definition) is 5. The van der Waals surface area contributed by atoms with E-state index in [1.165, 1.54) is 12.1 Å². The predicted molar refractivity (Wildman–Crippen MR) is 116 cm³/mol. The number of nitrogens with one attached hydrogen (secondary N) is 1. The first-order chi connectivity index (χ1) is 14.6. The maximum absolute atomic E-state index is 13.2. The van der Waals surface area contributed by atoms with Gasteiger partial charge in [-0.15, -0.1) is 10.2 Å². The summed E-state index contributed by atoms with van der Waals surface area (Å²) in [4.78, 5) is 1.84. The molecule has 3 aromatic carbocycles.